The van der Waals surface area contributed by atoms with Crippen molar-refractivity contribution < 1.29 is 0 Å². The van der Waals surface area contributed by atoms with Crippen LogP contribution >= 0.6 is 38.6 Å². The average molecular weight is 322 g/mol. The van der Waals surface area contributed by atoms with E-state index in [4.69, 9.17) is 0 Å². The number of nitrogens with zero attached hydrogens (tertiary/aromatic N) is 1. The Labute approximate surface area is 116 Å². The number of aromatic nitrogens is 1. The molecule has 0 aliphatic heterocycles. The third-order valence-electron chi connectivity index (χ3n) is 2.41. The summed E-state index contributed by atoms with van der Waals surface area (Å²) >= 11 is 6.82. The van der Waals surface area contributed by atoms with Crippen molar-refractivity contribution >= 4 is 38.6 Å². The topological polar surface area (TPSA) is 12.9 Å². The molecule has 0 unspecified atom stereocenters. The fourth-order valence-electron chi connectivity index (χ4n) is 1.54. The summed E-state index contributed by atoms with van der Waals surface area (Å²) < 4.78 is 1.09. The van der Waals surface area contributed by atoms with Gasteiger partial charge in [-0.3, -0.25) is 0 Å². The quantitative estimate of drug-likeness (QED) is 0.624. The monoisotopic (exact) mass is 321 g/mol. The second kappa shape index (κ2) is 4.72. The van der Waals surface area contributed by atoms with E-state index in [1.165, 1.54) is 11.1 Å². The zero-order valence-electron chi connectivity index (χ0n) is 8.76. The largest absolute Gasteiger partial charge is 0.236 e. The molecule has 0 amide bonds. The van der Waals surface area contributed by atoms with Crippen molar-refractivity contribution in [3.63, 3.8) is 0 Å². The summed E-state index contributed by atoms with van der Waals surface area (Å²) in [6, 6.07) is 10.4. The maximum absolute atomic E-state index is 4.66. The van der Waals surface area contributed by atoms with Crippen molar-refractivity contribution in [1.82, 2.24) is 4.98 Å². The zero-order chi connectivity index (χ0) is 11.7. The van der Waals surface area contributed by atoms with Gasteiger partial charge in [-0.05, 0) is 23.6 Å². The molecule has 2 heterocycles. The summed E-state index contributed by atoms with van der Waals surface area (Å²) in [6.07, 6.45) is 0. The van der Waals surface area contributed by atoms with Gasteiger partial charge in [0.15, 0.2) is 0 Å². The Morgan fingerprint density at radius 3 is 2.47 bits per heavy atom. The van der Waals surface area contributed by atoms with E-state index in [9.17, 15) is 0 Å². The molecule has 0 aliphatic rings. The molecule has 4 heteroatoms. The van der Waals surface area contributed by atoms with Crippen LogP contribution in [0.3, 0.4) is 0 Å². The highest BCUT2D eigenvalue weighted by Crippen LogP contribution is 2.30. The molecule has 3 rings (SSSR count). The Bertz CT molecular complexity index is 611. The molecular weight excluding hydrogens is 314 g/mol. The lowest BCUT2D eigenvalue weighted by molar-refractivity contribution is 1.41. The van der Waals surface area contributed by atoms with Gasteiger partial charge in [-0.15, -0.1) is 11.3 Å². The van der Waals surface area contributed by atoms with Crippen molar-refractivity contribution in [2.24, 2.45) is 0 Å². The highest BCUT2D eigenvalue weighted by Gasteiger charge is 2.06. The molecule has 0 spiro atoms. The van der Waals surface area contributed by atoms with Crippen molar-refractivity contribution in [3.8, 4) is 21.8 Å². The minimum Gasteiger partial charge on any atom is -0.236 e. The predicted octanol–water partition coefficient (Wildman–Crippen LogP) is 5.30. The van der Waals surface area contributed by atoms with Crippen LogP contribution in [-0.2, 0) is 0 Å². The molecule has 3 aromatic rings. The smallest absolute Gasteiger partial charge is 0.124 e. The molecule has 1 nitrogen and oxygen atoms in total. The van der Waals surface area contributed by atoms with Crippen LogP contribution in [-0.4, -0.2) is 4.98 Å². The maximum Gasteiger partial charge on any atom is 0.124 e. The van der Waals surface area contributed by atoms with Crippen molar-refractivity contribution in [2.75, 3.05) is 0 Å². The summed E-state index contributed by atoms with van der Waals surface area (Å²) in [5, 5.41) is 7.38. The lowest BCUT2D eigenvalue weighted by Gasteiger charge is -1.95. The molecule has 17 heavy (non-hydrogen) atoms. The van der Waals surface area contributed by atoms with E-state index in [0.717, 1.165) is 15.2 Å². The fraction of sp³-hybridized carbons (Fsp3) is 0. The predicted molar refractivity (Wildman–Crippen MR) is 78.6 cm³/mol. The Morgan fingerprint density at radius 2 is 1.76 bits per heavy atom. The Balaban J connectivity index is 1.98. The van der Waals surface area contributed by atoms with Gasteiger partial charge in [-0.1, -0.05) is 28.1 Å². The van der Waals surface area contributed by atoms with Crippen LogP contribution in [0.15, 0.2) is 50.9 Å². The van der Waals surface area contributed by atoms with E-state index in [1.807, 2.05) is 12.1 Å². The van der Waals surface area contributed by atoms with E-state index >= 15 is 0 Å². The number of hydrogen-bond acceptors (Lipinski definition) is 3. The maximum atomic E-state index is 4.66. The third-order valence-corrected chi connectivity index (χ3v) is 4.52. The second-order valence-electron chi connectivity index (χ2n) is 3.56. The first-order valence-corrected chi connectivity index (χ1v) is 7.68. The third kappa shape index (κ3) is 2.34. The Kier molecular flexibility index (Phi) is 3.09. The van der Waals surface area contributed by atoms with Gasteiger partial charge in [0.1, 0.15) is 5.01 Å². The van der Waals surface area contributed by atoms with Crippen LogP contribution in [0.4, 0.5) is 0 Å². The van der Waals surface area contributed by atoms with Gasteiger partial charge in [0.2, 0.25) is 0 Å². The zero-order valence-corrected chi connectivity index (χ0v) is 12.0. The molecule has 84 valence electrons. The van der Waals surface area contributed by atoms with Gasteiger partial charge in [0.05, 0.1) is 5.69 Å². The van der Waals surface area contributed by atoms with Crippen LogP contribution in [0.2, 0.25) is 0 Å². The summed E-state index contributed by atoms with van der Waals surface area (Å²) in [6.45, 7) is 0. The summed E-state index contributed by atoms with van der Waals surface area (Å²) in [4.78, 5) is 4.66. The summed E-state index contributed by atoms with van der Waals surface area (Å²) in [5.41, 5.74) is 3.43. The van der Waals surface area contributed by atoms with Gasteiger partial charge in [-0.25, -0.2) is 4.98 Å². The minimum atomic E-state index is 1.06. The number of benzene rings is 1. The number of thiazole rings is 1. The standard InChI is InChI=1S/C13H8BrNS2/c14-11-3-1-9(2-4-11)13-15-12(8-17-13)10-5-6-16-7-10/h1-8H. The molecule has 0 saturated heterocycles. The molecule has 0 radical (unpaired) electrons. The molecule has 0 saturated carbocycles. The lowest BCUT2D eigenvalue weighted by Crippen LogP contribution is -1.77. The molecule has 0 aliphatic carbocycles. The SMILES string of the molecule is Brc1ccc(-c2nc(-c3ccsc3)cs2)cc1. The van der Waals surface area contributed by atoms with Crippen LogP contribution in [0, 0.1) is 0 Å². The first kappa shape index (κ1) is 11.1. The number of hydrogen-bond donors (Lipinski definition) is 0. The van der Waals surface area contributed by atoms with Crippen molar-refractivity contribution in [1.29, 1.82) is 0 Å². The Morgan fingerprint density at radius 1 is 0.941 bits per heavy atom. The van der Waals surface area contributed by atoms with E-state index in [0.29, 0.717) is 0 Å². The molecular formula is C13H8BrNS2. The first-order chi connectivity index (χ1) is 8.33. The molecule has 0 fully saturated rings. The van der Waals surface area contributed by atoms with E-state index < -0.39 is 0 Å². The van der Waals surface area contributed by atoms with E-state index in [1.54, 1.807) is 22.7 Å². The molecule has 1 aromatic carbocycles. The van der Waals surface area contributed by atoms with Gasteiger partial charge < -0.3 is 0 Å². The van der Waals surface area contributed by atoms with Gasteiger partial charge >= 0.3 is 0 Å². The number of thiophene rings is 1. The normalized spacial score (nSPS) is 10.6. The summed E-state index contributed by atoms with van der Waals surface area (Å²) in [5.74, 6) is 0. The van der Waals surface area contributed by atoms with E-state index in [-0.39, 0.29) is 0 Å². The first-order valence-electron chi connectivity index (χ1n) is 5.07. The van der Waals surface area contributed by atoms with Crippen LogP contribution in [0.5, 0.6) is 0 Å². The van der Waals surface area contributed by atoms with Crippen LogP contribution in [0.25, 0.3) is 21.8 Å². The van der Waals surface area contributed by atoms with Crippen LogP contribution < -0.4 is 0 Å². The van der Waals surface area contributed by atoms with Gasteiger partial charge in [0, 0.05) is 26.4 Å². The van der Waals surface area contributed by atoms with Gasteiger partial charge in [0.25, 0.3) is 0 Å². The summed E-state index contributed by atoms with van der Waals surface area (Å²) in [7, 11) is 0. The highest BCUT2D eigenvalue weighted by molar-refractivity contribution is 9.10. The van der Waals surface area contributed by atoms with Crippen molar-refractivity contribution in [2.45, 2.75) is 0 Å². The molecule has 0 atom stereocenters. The Hall–Kier alpha value is -0.970. The molecule has 0 bridgehead atoms. The fourth-order valence-corrected chi connectivity index (χ4v) is 3.29. The average Bonchev–Trinajstić information content (AvgIpc) is 3.00. The second-order valence-corrected chi connectivity index (χ2v) is 6.11. The lowest BCUT2D eigenvalue weighted by atomic mass is 10.2. The molecule has 0 N–H and O–H groups in total. The number of rotatable bonds is 2. The van der Waals surface area contributed by atoms with Crippen molar-refractivity contribution in [3.05, 3.63) is 50.9 Å². The highest BCUT2D eigenvalue weighted by atomic mass is 79.9. The number of halogens is 1. The van der Waals surface area contributed by atoms with E-state index in [2.05, 4.69) is 55.3 Å². The molecule has 2 aromatic heterocycles. The minimum absolute atomic E-state index is 1.06. The van der Waals surface area contributed by atoms with Gasteiger partial charge in [-0.2, -0.15) is 11.3 Å². The van der Waals surface area contributed by atoms with Crippen LogP contribution in [0.1, 0.15) is 0 Å².